The summed E-state index contributed by atoms with van der Waals surface area (Å²) in [4.78, 5) is 16.4. The zero-order chi connectivity index (χ0) is 16.3. The molecule has 3 rings (SSSR count). The molecule has 0 aromatic carbocycles. The second-order valence-corrected chi connectivity index (χ2v) is 8.54. The number of rotatable bonds is 5. The van der Waals surface area contributed by atoms with Crippen molar-refractivity contribution in [2.24, 2.45) is 5.92 Å². The first kappa shape index (κ1) is 16.2. The van der Waals surface area contributed by atoms with Crippen LogP contribution in [0.1, 0.15) is 37.7 Å². The molecule has 2 heterocycles. The Morgan fingerprint density at radius 3 is 2.78 bits per heavy atom. The van der Waals surface area contributed by atoms with Crippen LogP contribution < -0.4 is 10.1 Å². The molecule has 1 aromatic rings. The Bertz CT molecular complexity index is 668. The van der Waals surface area contributed by atoms with Gasteiger partial charge in [-0.1, -0.05) is 6.07 Å². The van der Waals surface area contributed by atoms with E-state index < -0.39 is 15.8 Å². The zero-order valence-electron chi connectivity index (χ0n) is 13.0. The summed E-state index contributed by atoms with van der Waals surface area (Å²) in [6.45, 7) is 0.311. The van der Waals surface area contributed by atoms with Gasteiger partial charge in [0.2, 0.25) is 11.8 Å². The van der Waals surface area contributed by atoms with E-state index in [4.69, 9.17) is 4.74 Å². The fourth-order valence-electron chi connectivity index (χ4n) is 3.16. The van der Waals surface area contributed by atoms with Crippen molar-refractivity contribution < 1.29 is 17.9 Å². The maximum atomic E-state index is 12.1. The Morgan fingerprint density at radius 2 is 2.09 bits per heavy atom. The van der Waals surface area contributed by atoms with Gasteiger partial charge >= 0.3 is 0 Å². The number of ether oxygens (including phenoxy) is 1. The molecule has 126 valence electrons. The molecule has 1 aromatic heterocycles. The summed E-state index contributed by atoms with van der Waals surface area (Å²) in [6, 6.07) is 3.69. The Hall–Kier alpha value is -1.63. The van der Waals surface area contributed by atoms with E-state index in [1.807, 2.05) is 12.1 Å². The lowest BCUT2D eigenvalue weighted by Gasteiger charge is -2.16. The lowest BCUT2D eigenvalue weighted by Crippen LogP contribution is -2.31. The number of nitrogens with one attached hydrogen (secondary N) is 1. The van der Waals surface area contributed by atoms with Crippen LogP contribution in [0.4, 0.5) is 0 Å². The van der Waals surface area contributed by atoms with E-state index in [-0.39, 0.29) is 23.5 Å². The van der Waals surface area contributed by atoms with Gasteiger partial charge in [0.1, 0.15) is 6.10 Å². The molecule has 7 heteroatoms. The van der Waals surface area contributed by atoms with Crippen LogP contribution in [0.2, 0.25) is 0 Å². The van der Waals surface area contributed by atoms with Crippen molar-refractivity contribution in [2.45, 2.75) is 44.8 Å². The molecule has 2 fully saturated rings. The van der Waals surface area contributed by atoms with Gasteiger partial charge in [0, 0.05) is 18.3 Å². The van der Waals surface area contributed by atoms with Crippen LogP contribution in [-0.4, -0.2) is 36.9 Å². The van der Waals surface area contributed by atoms with Gasteiger partial charge in [-0.3, -0.25) is 4.79 Å². The van der Waals surface area contributed by atoms with Gasteiger partial charge in [-0.05, 0) is 38.2 Å². The molecule has 0 bridgehead atoms. The van der Waals surface area contributed by atoms with Crippen molar-refractivity contribution in [3.05, 3.63) is 23.9 Å². The van der Waals surface area contributed by atoms with Gasteiger partial charge < -0.3 is 10.1 Å². The number of carbonyl (C=O) groups excluding carboxylic acids is 1. The average Bonchev–Trinajstić information content (AvgIpc) is 3.15. The first-order valence-electron chi connectivity index (χ1n) is 8.12. The Balaban J connectivity index is 1.58. The van der Waals surface area contributed by atoms with Crippen LogP contribution in [-0.2, 0) is 21.2 Å². The van der Waals surface area contributed by atoms with Crippen molar-refractivity contribution in [1.29, 1.82) is 0 Å². The monoisotopic (exact) mass is 338 g/mol. The average molecular weight is 338 g/mol. The highest BCUT2D eigenvalue weighted by atomic mass is 32.2. The number of carbonyl (C=O) groups is 1. The molecule has 1 amide bonds. The third kappa shape index (κ3) is 4.22. The summed E-state index contributed by atoms with van der Waals surface area (Å²) in [5.74, 6) is -0.0120. The highest BCUT2D eigenvalue weighted by molar-refractivity contribution is 7.91. The molecule has 0 radical (unpaired) electrons. The van der Waals surface area contributed by atoms with Crippen LogP contribution >= 0.6 is 0 Å². The van der Waals surface area contributed by atoms with Gasteiger partial charge in [0.25, 0.3) is 0 Å². The van der Waals surface area contributed by atoms with Crippen molar-refractivity contribution in [1.82, 2.24) is 10.3 Å². The molecule has 6 nitrogen and oxygen atoms in total. The molecular weight excluding hydrogens is 316 g/mol. The smallest absolute Gasteiger partial charge is 0.224 e. The van der Waals surface area contributed by atoms with Crippen LogP contribution in [0.15, 0.2) is 18.3 Å². The minimum atomic E-state index is -3.05. The van der Waals surface area contributed by atoms with E-state index in [9.17, 15) is 13.2 Å². The summed E-state index contributed by atoms with van der Waals surface area (Å²) >= 11 is 0. The van der Waals surface area contributed by atoms with Crippen LogP contribution in [0.5, 0.6) is 5.88 Å². The SMILES string of the molecule is O=C(NCc1cccnc1OC1CCCC1)[C@@H]1CCS(=O)(=O)C1. The Kier molecular flexibility index (Phi) is 4.84. The molecule has 1 saturated carbocycles. The largest absolute Gasteiger partial charge is 0.474 e. The third-order valence-corrected chi connectivity index (χ3v) is 6.25. The normalized spacial score (nSPS) is 23.7. The van der Waals surface area contributed by atoms with Gasteiger partial charge in [0.15, 0.2) is 9.84 Å². The molecule has 1 aliphatic heterocycles. The number of sulfone groups is 1. The number of pyridine rings is 1. The fourth-order valence-corrected chi connectivity index (χ4v) is 4.90. The molecule has 2 aliphatic rings. The first-order chi connectivity index (χ1) is 11.0. The van der Waals surface area contributed by atoms with Crippen molar-refractivity contribution in [2.75, 3.05) is 11.5 Å². The van der Waals surface area contributed by atoms with Crippen LogP contribution in [0.25, 0.3) is 0 Å². The number of hydrogen-bond acceptors (Lipinski definition) is 5. The summed E-state index contributed by atoms with van der Waals surface area (Å²) in [5.41, 5.74) is 0.827. The van der Waals surface area contributed by atoms with E-state index >= 15 is 0 Å². The lowest BCUT2D eigenvalue weighted by molar-refractivity contribution is -0.124. The minimum Gasteiger partial charge on any atom is -0.474 e. The Labute approximate surface area is 136 Å². The van der Waals surface area contributed by atoms with E-state index in [0.29, 0.717) is 18.8 Å². The van der Waals surface area contributed by atoms with Gasteiger partial charge in [-0.2, -0.15) is 0 Å². The summed E-state index contributed by atoms with van der Waals surface area (Å²) in [5, 5.41) is 2.82. The van der Waals surface area contributed by atoms with Crippen LogP contribution in [0.3, 0.4) is 0 Å². The van der Waals surface area contributed by atoms with Crippen molar-refractivity contribution in [3.63, 3.8) is 0 Å². The maximum Gasteiger partial charge on any atom is 0.224 e. The summed E-state index contributed by atoms with van der Waals surface area (Å²) in [7, 11) is -3.05. The van der Waals surface area contributed by atoms with E-state index in [1.165, 1.54) is 12.8 Å². The highest BCUT2D eigenvalue weighted by Gasteiger charge is 2.32. The summed E-state index contributed by atoms with van der Waals surface area (Å²) in [6.07, 6.45) is 6.75. The van der Waals surface area contributed by atoms with Gasteiger partial charge in [-0.15, -0.1) is 0 Å². The van der Waals surface area contributed by atoms with E-state index in [2.05, 4.69) is 10.3 Å². The van der Waals surface area contributed by atoms with Gasteiger partial charge in [0.05, 0.1) is 17.4 Å². The number of nitrogens with zero attached hydrogens (tertiary/aromatic N) is 1. The molecule has 23 heavy (non-hydrogen) atoms. The molecule has 0 unspecified atom stereocenters. The van der Waals surface area contributed by atoms with E-state index in [0.717, 1.165) is 18.4 Å². The minimum absolute atomic E-state index is 0.0443. The molecule has 1 saturated heterocycles. The third-order valence-electron chi connectivity index (χ3n) is 4.49. The van der Waals surface area contributed by atoms with E-state index in [1.54, 1.807) is 6.20 Å². The van der Waals surface area contributed by atoms with Crippen LogP contribution in [0, 0.1) is 5.92 Å². The molecule has 0 spiro atoms. The zero-order valence-corrected chi connectivity index (χ0v) is 13.8. The first-order valence-corrected chi connectivity index (χ1v) is 9.94. The number of hydrogen-bond donors (Lipinski definition) is 1. The predicted molar refractivity (Wildman–Crippen MR) is 85.7 cm³/mol. The highest BCUT2D eigenvalue weighted by Crippen LogP contribution is 2.25. The summed E-state index contributed by atoms with van der Waals surface area (Å²) < 4.78 is 28.9. The quantitative estimate of drug-likeness (QED) is 0.878. The Morgan fingerprint density at radius 1 is 1.30 bits per heavy atom. The number of amides is 1. The molecule has 1 N–H and O–H groups in total. The molecular formula is C16H22N2O4S. The number of aromatic nitrogens is 1. The second-order valence-electron chi connectivity index (χ2n) is 6.31. The fraction of sp³-hybridized carbons (Fsp3) is 0.625. The maximum absolute atomic E-state index is 12.1. The second kappa shape index (κ2) is 6.86. The lowest BCUT2D eigenvalue weighted by atomic mass is 10.1. The van der Waals surface area contributed by atoms with Crippen molar-refractivity contribution >= 4 is 15.7 Å². The predicted octanol–water partition coefficient (Wildman–Crippen LogP) is 1.45. The molecule has 1 aliphatic carbocycles. The van der Waals surface area contributed by atoms with Gasteiger partial charge in [-0.25, -0.2) is 13.4 Å². The topological polar surface area (TPSA) is 85.4 Å². The molecule has 1 atom stereocenters. The van der Waals surface area contributed by atoms with Crippen molar-refractivity contribution in [3.8, 4) is 5.88 Å². The standard InChI is InChI=1S/C16H22N2O4S/c19-15(13-7-9-23(20,21)11-13)18-10-12-4-3-8-17-16(12)22-14-5-1-2-6-14/h3-4,8,13-14H,1-2,5-7,9-11H2,(H,18,19)/t13-/m1/s1.